The first kappa shape index (κ1) is 13.1. The molecule has 2 aromatic carbocycles. The summed E-state index contributed by atoms with van der Waals surface area (Å²) in [5.74, 6) is 0.961. The van der Waals surface area contributed by atoms with E-state index in [0.717, 1.165) is 31.0 Å². The van der Waals surface area contributed by atoms with Crippen LogP contribution in [0, 0.1) is 0 Å². The summed E-state index contributed by atoms with van der Waals surface area (Å²) < 4.78 is 0. The summed E-state index contributed by atoms with van der Waals surface area (Å²) in [7, 11) is 1.92. The van der Waals surface area contributed by atoms with Crippen molar-refractivity contribution in [2.24, 2.45) is 0 Å². The Morgan fingerprint density at radius 1 is 1.05 bits per heavy atom. The van der Waals surface area contributed by atoms with Crippen molar-refractivity contribution >= 4 is 22.3 Å². The van der Waals surface area contributed by atoms with Crippen molar-refractivity contribution in [3.63, 3.8) is 0 Å². The van der Waals surface area contributed by atoms with Crippen LogP contribution >= 0.6 is 0 Å². The van der Waals surface area contributed by atoms with E-state index in [2.05, 4.69) is 62.6 Å². The SMILES string of the molecule is CNc1ncnc2c1CCN(c1cccc3ccccc13)C2. The van der Waals surface area contributed by atoms with Gasteiger partial charge >= 0.3 is 0 Å². The molecule has 0 saturated carbocycles. The van der Waals surface area contributed by atoms with Crippen LogP contribution in [0.5, 0.6) is 0 Å². The van der Waals surface area contributed by atoms with E-state index in [1.54, 1.807) is 6.33 Å². The lowest BCUT2D eigenvalue weighted by atomic mass is 10.0. The van der Waals surface area contributed by atoms with E-state index in [1.165, 1.54) is 22.0 Å². The standard InChI is InChI=1S/C18H18N4/c1-19-18-15-9-10-22(11-16(15)20-12-21-18)17-8-4-6-13-5-2-3-7-14(13)17/h2-8,12H,9-11H2,1H3,(H,19,20,21). The monoisotopic (exact) mass is 290 g/mol. The van der Waals surface area contributed by atoms with Crippen LogP contribution in [0.25, 0.3) is 10.8 Å². The number of anilines is 2. The molecule has 1 N–H and O–H groups in total. The average molecular weight is 290 g/mol. The fourth-order valence-electron chi connectivity index (χ4n) is 3.26. The molecule has 0 unspecified atom stereocenters. The summed E-state index contributed by atoms with van der Waals surface area (Å²) in [4.78, 5) is 11.2. The second kappa shape index (κ2) is 5.30. The lowest BCUT2D eigenvalue weighted by molar-refractivity contribution is 0.707. The van der Waals surface area contributed by atoms with E-state index in [1.807, 2.05) is 7.05 Å². The smallest absolute Gasteiger partial charge is 0.132 e. The van der Waals surface area contributed by atoms with E-state index in [0.29, 0.717) is 0 Å². The van der Waals surface area contributed by atoms with Crippen LogP contribution in [-0.2, 0) is 13.0 Å². The molecule has 0 bridgehead atoms. The molecular weight excluding hydrogens is 272 g/mol. The molecule has 0 radical (unpaired) electrons. The zero-order chi connectivity index (χ0) is 14.9. The number of hydrogen-bond donors (Lipinski definition) is 1. The molecular formula is C18H18N4. The van der Waals surface area contributed by atoms with Crippen molar-refractivity contribution in [3.8, 4) is 0 Å². The minimum atomic E-state index is 0.834. The van der Waals surface area contributed by atoms with Gasteiger partial charge in [-0.15, -0.1) is 0 Å². The second-order valence-electron chi connectivity index (χ2n) is 5.57. The van der Waals surface area contributed by atoms with Crippen molar-refractivity contribution in [2.75, 3.05) is 23.8 Å². The Bertz CT molecular complexity index is 823. The average Bonchev–Trinajstić information content (AvgIpc) is 2.60. The third-order valence-corrected chi connectivity index (χ3v) is 4.35. The van der Waals surface area contributed by atoms with Gasteiger partial charge in [0.05, 0.1) is 12.2 Å². The predicted octanol–water partition coefficient (Wildman–Crippen LogP) is 3.23. The predicted molar refractivity (Wildman–Crippen MR) is 90.3 cm³/mol. The summed E-state index contributed by atoms with van der Waals surface area (Å²) in [6, 6.07) is 15.0. The molecule has 1 aliphatic rings. The topological polar surface area (TPSA) is 41.1 Å². The molecule has 0 amide bonds. The Kier molecular flexibility index (Phi) is 3.15. The van der Waals surface area contributed by atoms with E-state index in [9.17, 15) is 0 Å². The van der Waals surface area contributed by atoms with Gasteiger partial charge in [0.15, 0.2) is 0 Å². The van der Waals surface area contributed by atoms with Crippen LogP contribution in [0.15, 0.2) is 48.8 Å². The van der Waals surface area contributed by atoms with Gasteiger partial charge in [0.1, 0.15) is 12.1 Å². The highest BCUT2D eigenvalue weighted by atomic mass is 15.2. The van der Waals surface area contributed by atoms with Gasteiger partial charge in [0, 0.05) is 30.2 Å². The van der Waals surface area contributed by atoms with Crippen LogP contribution < -0.4 is 10.2 Å². The van der Waals surface area contributed by atoms with E-state index >= 15 is 0 Å². The van der Waals surface area contributed by atoms with Crippen molar-refractivity contribution in [1.82, 2.24) is 9.97 Å². The summed E-state index contributed by atoms with van der Waals surface area (Å²) in [6.45, 7) is 1.82. The van der Waals surface area contributed by atoms with Gasteiger partial charge in [-0.05, 0) is 17.9 Å². The molecule has 0 saturated heterocycles. The third-order valence-electron chi connectivity index (χ3n) is 4.35. The first-order valence-corrected chi connectivity index (χ1v) is 7.60. The first-order chi connectivity index (χ1) is 10.9. The zero-order valence-corrected chi connectivity index (χ0v) is 12.6. The van der Waals surface area contributed by atoms with Crippen LogP contribution in [0.2, 0.25) is 0 Å². The molecule has 1 aromatic heterocycles. The molecule has 110 valence electrons. The second-order valence-corrected chi connectivity index (χ2v) is 5.57. The largest absolute Gasteiger partial charge is 0.373 e. The number of hydrogen-bond acceptors (Lipinski definition) is 4. The fraction of sp³-hybridized carbons (Fsp3) is 0.222. The van der Waals surface area contributed by atoms with Crippen LogP contribution in [-0.4, -0.2) is 23.6 Å². The van der Waals surface area contributed by atoms with Crippen LogP contribution in [0.3, 0.4) is 0 Å². The molecule has 0 spiro atoms. The van der Waals surface area contributed by atoms with Gasteiger partial charge in [-0.2, -0.15) is 0 Å². The lowest BCUT2D eigenvalue weighted by Crippen LogP contribution is -2.32. The lowest BCUT2D eigenvalue weighted by Gasteiger charge is -2.31. The number of nitrogens with one attached hydrogen (secondary N) is 1. The molecule has 4 nitrogen and oxygen atoms in total. The number of fused-ring (bicyclic) bond motifs is 2. The fourth-order valence-corrected chi connectivity index (χ4v) is 3.26. The van der Waals surface area contributed by atoms with Gasteiger partial charge in [-0.25, -0.2) is 9.97 Å². The number of nitrogens with zero attached hydrogens (tertiary/aromatic N) is 3. The Morgan fingerprint density at radius 3 is 2.82 bits per heavy atom. The Hall–Kier alpha value is -2.62. The van der Waals surface area contributed by atoms with Gasteiger partial charge in [-0.3, -0.25) is 0 Å². The molecule has 22 heavy (non-hydrogen) atoms. The van der Waals surface area contributed by atoms with Gasteiger partial charge in [0.25, 0.3) is 0 Å². The summed E-state index contributed by atoms with van der Waals surface area (Å²) in [5, 5.41) is 5.75. The minimum Gasteiger partial charge on any atom is -0.373 e. The summed E-state index contributed by atoms with van der Waals surface area (Å²) >= 11 is 0. The zero-order valence-electron chi connectivity index (χ0n) is 12.6. The molecule has 0 atom stereocenters. The first-order valence-electron chi connectivity index (χ1n) is 7.60. The maximum atomic E-state index is 4.49. The highest BCUT2D eigenvalue weighted by Gasteiger charge is 2.21. The molecule has 2 heterocycles. The highest BCUT2D eigenvalue weighted by molar-refractivity contribution is 5.94. The van der Waals surface area contributed by atoms with E-state index < -0.39 is 0 Å². The summed E-state index contributed by atoms with van der Waals surface area (Å²) in [5.41, 5.74) is 3.66. The van der Waals surface area contributed by atoms with Gasteiger partial charge in [0.2, 0.25) is 0 Å². The quantitative estimate of drug-likeness (QED) is 0.786. The molecule has 0 aliphatic carbocycles. The Morgan fingerprint density at radius 2 is 1.91 bits per heavy atom. The highest BCUT2D eigenvalue weighted by Crippen LogP contribution is 2.31. The number of benzene rings is 2. The normalized spacial score (nSPS) is 14.0. The number of aromatic nitrogens is 2. The maximum absolute atomic E-state index is 4.49. The Balaban J connectivity index is 1.75. The number of rotatable bonds is 2. The summed E-state index contributed by atoms with van der Waals surface area (Å²) in [6.07, 6.45) is 2.62. The molecule has 1 aliphatic heterocycles. The molecule has 4 rings (SSSR count). The molecule has 0 fully saturated rings. The van der Waals surface area contributed by atoms with Crippen molar-refractivity contribution in [1.29, 1.82) is 0 Å². The molecule has 3 aromatic rings. The maximum Gasteiger partial charge on any atom is 0.132 e. The molecule has 4 heteroatoms. The van der Waals surface area contributed by atoms with Crippen LogP contribution in [0.4, 0.5) is 11.5 Å². The van der Waals surface area contributed by atoms with Crippen molar-refractivity contribution in [3.05, 3.63) is 60.0 Å². The van der Waals surface area contributed by atoms with Crippen LogP contribution in [0.1, 0.15) is 11.3 Å². The van der Waals surface area contributed by atoms with Crippen molar-refractivity contribution < 1.29 is 0 Å². The Labute approximate surface area is 129 Å². The van der Waals surface area contributed by atoms with Gasteiger partial charge in [-0.1, -0.05) is 36.4 Å². The van der Waals surface area contributed by atoms with Gasteiger partial charge < -0.3 is 10.2 Å². The van der Waals surface area contributed by atoms with E-state index in [4.69, 9.17) is 0 Å². The van der Waals surface area contributed by atoms with Crippen molar-refractivity contribution in [2.45, 2.75) is 13.0 Å². The van der Waals surface area contributed by atoms with E-state index in [-0.39, 0.29) is 0 Å². The minimum absolute atomic E-state index is 0.834. The third kappa shape index (κ3) is 2.08.